The number of imidazole rings is 1. The molecule has 3 aromatic rings. The predicted molar refractivity (Wildman–Crippen MR) is 101 cm³/mol. The Balaban J connectivity index is 2.07. The standard InChI is InChI=1S/C20H22FN3O3/c1-5-16-22-17-15(24(16)19(26)27-20(2,3)4)9-10-23(18(17)25)12-13-7-6-8-14(21)11-13/h6-11H,5,12H2,1-4H3. The Morgan fingerprint density at radius 2 is 2.00 bits per heavy atom. The van der Waals surface area contributed by atoms with Crippen LogP contribution < -0.4 is 5.56 Å². The first kappa shape index (κ1) is 18.8. The van der Waals surface area contributed by atoms with Gasteiger partial charge in [0.1, 0.15) is 17.2 Å². The van der Waals surface area contributed by atoms with E-state index in [-0.39, 0.29) is 23.4 Å². The molecule has 0 bridgehead atoms. The number of benzene rings is 1. The van der Waals surface area contributed by atoms with Crippen LogP contribution in [0, 0.1) is 5.82 Å². The van der Waals surface area contributed by atoms with E-state index in [1.54, 1.807) is 45.2 Å². The Kier molecular flexibility index (Phi) is 4.87. The summed E-state index contributed by atoms with van der Waals surface area (Å²) in [5.74, 6) is 0.101. The van der Waals surface area contributed by atoms with E-state index in [2.05, 4.69) is 4.98 Å². The Labute approximate surface area is 156 Å². The van der Waals surface area contributed by atoms with Crippen LogP contribution in [-0.4, -0.2) is 25.8 Å². The molecule has 0 aliphatic carbocycles. The normalized spacial score (nSPS) is 11.7. The van der Waals surface area contributed by atoms with Crippen molar-refractivity contribution in [3.8, 4) is 0 Å². The zero-order valence-corrected chi connectivity index (χ0v) is 15.8. The van der Waals surface area contributed by atoms with E-state index in [9.17, 15) is 14.0 Å². The molecule has 0 N–H and O–H groups in total. The SMILES string of the molecule is CCc1nc2c(=O)n(Cc3cccc(F)c3)ccc2n1C(=O)OC(C)(C)C. The first-order valence-electron chi connectivity index (χ1n) is 8.78. The Bertz CT molecular complexity index is 1060. The summed E-state index contributed by atoms with van der Waals surface area (Å²) in [5.41, 5.74) is 0.260. The molecule has 2 heterocycles. The molecule has 0 saturated carbocycles. The fraction of sp³-hybridized carbons (Fsp3) is 0.350. The van der Waals surface area contributed by atoms with Crippen LogP contribution in [0.4, 0.5) is 9.18 Å². The van der Waals surface area contributed by atoms with Crippen LogP contribution in [0.2, 0.25) is 0 Å². The minimum atomic E-state index is -0.662. The fourth-order valence-corrected chi connectivity index (χ4v) is 2.86. The number of ether oxygens (including phenoxy) is 1. The van der Waals surface area contributed by atoms with Crippen molar-refractivity contribution < 1.29 is 13.9 Å². The highest BCUT2D eigenvalue weighted by Gasteiger charge is 2.23. The lowest BCUT2D eigenvalue weighted by Crippen LogP contribution is -2.28. The molecular formula is C20H22FN3O3. The van der Waals surface area contributed by atoms with Gasteiger partial charge in [-0.25, -0.2) is 18.7 Å². The second-order valence-corrected chi connectivity index (χ2v) is 7.31. The van der Waals surface area contributed by atoms with Crippen molar-refractivity contribution in [1.82, 2.24) is 14.1 Å². The lowest BCUT2D eigenvalue weighted by molar-refractivity contribution is 0.0539. The predicted octanol–water partition coefficient (Wildman–Crippen LogP) is 3.73. The van der Waals surface area contributed by atoms with Gasteiger partial charge in [0, 0.05) is 12.6 Å². The van der Waals surface area contributed by atoms with Crippen molar-refractivity contribution in [1.29, 1.82) is 0 Å². The first-order chi connectivity index (χ1) is 12.7. The number of rotatable bonds is 3. The smallest absolute Gasteiger partial charge is 0.420 e. The van der Waals surface area contributed by atoms with Crippen molar-refractivity contribution in [2.45, 2.75) is 46.3 Å². The molecule has 3 rings (SSSR count). The van der Waals surface area contributed by atoms with Crippen LogP contribution in [0.3, 0.4) is 0 Å². The number of hydrogen-bond acceptors (Lipinski definition) is 4. The monoisotopic (exact) mass is 371 g/mol. The lowest BCUT2D eigenvalue weighted by Gasteiger charge is -2.20. The lowest BCUT2D eigenvalue weighted by atomic mass is 10.2. The second-order valence-electron chi connectivity index (χ2n) is 7.31. The number of carbonyl (C=O) groups excluding carboxylic acids is 1. The van der Waals surface area contributed by atoms with E-state index in [1.165, 1.54) is 21.3 Å². The van der Waals surface area contributed by atoms with E-state index in [0.717, 1.165) is 0 Å². The molecule has 2 aromatic heterocycles. The maximum Gasteiger partial charge on any atom is 0.420 e. The number of pyridine rings is 1. The van der Waals surface area contributed by atoms with E-state index in [0.29, 0.717) is 23.3 Å². The number of carbonyl (C=O) groups is 1. The van der Waals surface area contributed by atoms with Gasteiger partial charge in [0.05, 0.1) is 12.1 Å². The van der Waals surface area contributed by atoms with E-state index in [1.807, 2.05) is 6.92 Å². The minimum Gasteiger partial charge on any atom is -0.443 e. The number of nitrogens with zero attached hydrogens (tertiary/aromatic N) is 3. The van der Waals surface area contributed by atoms with Gasteiger partial charge in [0.2, 0.25) is 0 Å². The van der Waals surface area contributed by atoms with Gasteiger partial charge in [-0.05, 0) is 44.5 Å². The zero-order valence-electron chi connectivity index (χ0n) is 15.8. The third-order valence-corrected chi connectivity index (χ3v) is 3.99. The molecule has 0 spiro atoms. The first-order valence-corrected chi connectivity index (χ1v) is 8.78. The third kappa shape index (κ3) is 3.92. The molecular weight excluding hydrogens is 349 g/mol. The molecule has 142 valence electrons. The third-order valence-electron chi connectivity index (χ3n) is 3.99. The van der Waals surface area contributed by atoms with Gasteiger partial charge in [-0.1, -0.05) is 19.1 Å². The fourth-order valence-electron chi connectivity index (χ4n) is 2.86. The molecule has 0 aliphatic heterocycles. The molecule has 7 heteroatoms. The Morgan fingerprint density at radius 3 is 2.63 bits per heavy atom. The number of aryl methyl sites for hydroxylation is 1. The Hall–Kier alpha value is -2.96. The van der Waals surface area contributed by atoms with Gasteiger partial charge in [-0.3, -0.25) is 4.79 Å². The summed E-state index contributed by atoms with van der Waals surface area (Å²) in [4.78, 5) is 29.8. The van der Waals surface area contributed by atoms with Crippen LogP contribution in [0.15, 0.2) is 41.3 Å². The van der Waals surface area contributed by atoms with Crippen molar-refractivity contribution >= 4 is 17.1 Å². The van der Waals surface area contributed by atoms with Crippen LogP contribution in [0.25, 0.3) is 11.0 Å². The van der Waals surface area contributed by atoms with Crippen LogP contribution in [0.5, 0.6) is 0 Å². The molecule has 0 fully saturated rings. The van der Waals surface area contributed by atoms with Crippen molar-refractivity contribution in [2.24, 2.45) is 0 Å². The van der Waals surface area contributed by atoms with Gasteiger partial charge < -0.3 is 9.30 Å². The van der Waals surface area contributed by atoms with Crippen molar-refractivity contribution in [2.75, 3.05) is 0 Å². The molecule has 6 nitrogen and oxygen atoms in total. The molecule has 27 heavy (non-hydrogen) atoms. The largest absolute Gasteiger partial charge is 0.443 e. The molecule has 0 atom stereocenters. The topological polar surface area (TPSA) is 66.1 Å². The highest BCUT2D eigenvalue weighted by Crippen LogP contribution is 2.17. The summed E-state index contributed by atoms with van der Waals surface area (Å²) in [7, 11) is 0. The highest BCUT2D eigenvalue weighted by molar-refractivity contribution is 5.87. The average molecular weight is 371 g/mol. The van der Waals surface area contributed by atoms with E-state index < -0.39 is 11.7 Å². The summed E-state index contributed by atoms with van der Waals surface area (Å²) in [6.45, 7) is 7.41. The van der Waals surface area contributed by atoms with Gasteiger partial charge in [-0.2, -0.15) is 0 Å². The van der Waals surface area contributed by atoms with Crippen LogP contribution in [-0.2, 0) is 17.7 Å². The summed E-state index contributed by atoms with van der Waals surface area (Å²) in [6.07, 6.45) is 1.48. The van der Waals surface area contributed by atoms with Gasteiger partial charge in [0.15, 0.2) is 5.52 Å². The molecule has 0 radical (unpaired) electrons. The maximum absolute atomic E-state index is 13.4. The average Bonchev–Trinajstić information content (AvgIpc) is 2.95. The summed E-state index contributed by atoms with van der Waals surface area (Å²) < 4.78 is 21.6. The van der Waals surface area contributed by atoms with Crippen LogP contribution >= 0.6 is 0 Å². The summed E-state index contributed by atoms with van der Waals surface area (Å²) in [6, 6.07) is 7.74. The van der Waals surface area contributed by atoms with E-state index >= 15 is 0 Å². The van der Waals surface area contributed by atoms with Crippen molar-refractivity contribution in [3.63, 3.8) is 0 Å². The second kappa shape index (κ2) is 6.98. The minimum absolute atomic E-state index is 0.191. The van der Waals surface area contributed by atoms with Gasteiger partial charge in [0.25, 0.3) is 5.56 Å². The number of hydrogen-bond donors (Lipinski definition) is 0. The molecule has 1 aromatic carbocycles. The van der Waals surface area contributed by atoms with Crippen LogP contribution in [0.1, 0.15) is 39.1 Å². The van der Waals surface area contributed by atoms with Gasteiger partial charge >= 0.3 is 6.09 Å². The zero-order chi connectivity index (χ0) is 19.8. The maximum atomic E-state index is 13.4. The van der Waals surface area contributed by atoms with Gasteiger partial charge in [-0.15, -0.1) is 0 Å². The van der Waals surface area contributed by atoms with E-state index in [4.69, 9.17) is 4.74 Å². The van der Waals surface area contributed by atoms with Crippen molar-refractivity contribution in [3.05, 3.63) is 64.1 Å². The molecule has 0 unspecified atom stereocenters. The Morgan fingerprint density at radius 1 is 1.26 bits per heavy atom. The number of fused-ring (bicyclic) bond motifs is 1. The molecule has 0 saturated heterocycles. The summed E-state index contributed by atoms with van der Waals surface area (Å²) >= 11 is 0. The highest BCUT2D eigenvalue weighted by atomic mass is 19.1. The summed E-state index contributed by atoms with van der Waals surface area (Å²) in [5, 5.41) is 0. The number of halogens is 1. The molecule has 0 amide bonds. The number of aromatic nitrogens is 3. The quantitative estimate of drug-likeness (QED) is 0.704. The molecule has 0 aliphatic rings.